The van der Waals surface area contributed by atoms with Crippen LogP contribution in [-0.4, -0.2) is 54.8 Å². The van der Waals surface area contributed by atoms with Gasteiger partial charge in [-0.1, -0.05) is 0 Å². The molecular formula is C7H12F2O4. The van der Waals surface area contributed by atoms with Gasteiger partial charge in [-0.25, -0.2) is 8.78 Å². The Morgan fingerprint density at radius 2 is 2.08 bits per heavy atom. The molecule has 78 valence electrons. The first-order chi connectivity index (χ1) is 6.11. The average Bonchev–Trinajstić information content (AvgIpc) is 2.42. The topological polar surface area (TPSA) is 58.9 Å². The Morgan fingerprint density at radius 1 is 1.46 bits per heavy atom. The predicted octanol–water partition coefficient (Wildman–Crippen LogP) is -0.611. The molecule has 0 aromatic rings. The Balaban J connectivity index is 2.79. The monoisotopic (exact) mass is 198 g/mol. The summed E-state index contributed by atoms with van der Waals surface area (Å²) in [6.07, 6.45) is -4.25. The smallest absolute Gasteiger partial charge is 0.226 e. The lowest BCUT2D eigenvalue weighted by molar-refractivity contribution is -0.252. The number of hydrogen-bond donors (Lipinski definition) is 2. The van der Waals surface area contributed by atoms with E-state index in [1.807, 2.05) is 0 Å². The summed E-state index contributed by atoms with van der Waals surface area (Å²) >= 11 is 0. The number of aliphatic hydroxyl groups is 2. The second kappa shape index (κ2) is 3.83. The summed E-state index contributed by atoms with van der Waals surface area (Å²) in [7, 11) is 1.12. The fraction of sp³-hybridized carbons (Fsp3) is 1.00. The van der Waals surface area contributed by atoms with Crippen molar-refractivity contribution in [2.45, 2.75) is 24.1 Å². The largest absolute Gasteiger partial charge is 0.387 e. The van der Waals surface area contributed by atoms with Gasteiger partial charge in [-0.2, -0.15) is 0 Å². The van der Waals surface area contributed by atoms with Crippen LogP contribution in [0.25, 0.3) is 0 Å². The Labute approximate surface area is 74.1 Å². The Bertz CT molecular complexity index is 174. The third-order valence-corrected chi connectivity index (χ3v) is 2.19. The van der Waals surface area contributed by atoms with E-state index in [0.717, 1.165) is 7.11 Å². The molecule has 1 aliphatic heterocycles. The van der Waals surface area contributed by atoms with Crippen LogP contribution in [0.3, 0.4) is 0 Å². The lowest BCUT2D eigenvalue weighted by Crippen LogP contribution is -2.46. The molecule has 4 unspecified atom stereocenters. The quantitative estimate of drug-likeness (QED) is 0.635. The van der Waals surface area contributed by atoms with Crippen LogP contribution in [-0.2, 0) is 9.47 Å². The van der Waals surface area contributed by atoms with Crippen LogP contribution in [0.5, 0.6) is 0 Å². The summed E-state index contributed by atoms with van der Waals surface area (Å²) < 4.78 is 33.9. The molecule has 6 heteroatoms. The molecule has 13 heavy (non-hydrogen) atoms. The minimum atomic E-state index is -1.92. The molecule has 2 N–H and O–H groups in total. The first-order valence-electron chi connectivity index (χ1n) is 3.82. The van der Waals surface area contributed by atoms with Crippen molar-refractivity contribution in [3.8, 4) is 0 Å². The van der Waals surface area contributed by atoms with Gasteiger partial charge in [0.25, 0.3) is 0 Å². The maximum atomic E-state index is 12.4. The van der Waals surface area contributed by atoms with Crippen LogP contribution in [0.4, 0.5) is 8.78 Å². The van der Waals surface area contributed by atoms with Gasteiger partial charge in [0.2, 0.25) is 5.79 Å². The van der Waals surface area contributed by atoms with Gasteiger partial charge < -0.3 is 19.7 Å². The van der Waals surface area contributed by atoms with E-state index in [2.05, 4.69) is 4.74 Å². The van der Waals surface area contributed by atoms with Crippen molar-refractivity contribution >= 4 is 0 Å². The van der Waals surface area contributed by atoms with Gasteiger partial charge >= 0.3 is 0 Å². The van der Waals surface area contributed by atoms with E-state index in [0.29, 0.717) is 0 Å². The molecule has 0 aromatic carbocycles. The first-order valence-corrected chi connectivity index (χ1v) is 3.82. The van der Waals surface area contributed by atoms with E-state index in [-0.39, 0.29) is 0 Å². The van der Waals surface area contributed by atoms with Crippen LogP contribution >= 0.6 is 0 Å². The SMILES string of the molecule is COC1(CF)OC(CF)C(O)C1O. The highest BCUT2D eigenvalue weighted by Crippen LogP contribution is 2.32. The van der Waals surface area contributed by atoms with Crippen LogP contribution in [0.1, 0.15) is 0 Å². The van der Waals surface area contributed by atoms with Crippen LogP contribution in [0, 0.1) is 0 Å². The molecule has 4 atom stereocenters. The standard InChI is InChI=1S/C7H12F2O4/c1-12-7(3-9)6(11)5(10)4(2-8)13-7/h4-6,10-11H,2-3H2,1H3. The van der Waals surface area contributed by atoms with Gasteiger partial charge in [0, 0.05) is 7.11 Å². The number of hydrogen-bond acceptors (Lipinski definition) is 4. The van der Waals surface area contributed by atoms with E-state index in [9.17, 15) is 19.0 Å². The van der Waals surface area contributed by atoms with Crippen molar-refractivity contribution in [2.75, 3.05) is 20.5 Å². The van der Waals surface area contributed by atoms with Crippen molar-refractivity contribution in [1.82, 2.24) is 0 Å². The number of alkyl halides is 2. The van der Waals surface area contributed by atoms with E-state index >= 15 is 0 Å². The number of methoxy groups -OCH3 is 1. The molecule has 0 amide bonds. The maximum absolute atomic E-state index is 12.4. The summed E-state index contributed by atoms with van der Waals surface area (Å²) in [5.41, 5.74) is 0. The Morgan fingerprint density at radius 3 is 2.31 bits per heavy atom. The molecule has 1 aliphatic rings. The average molecular weight is 198 g/mol. The molecule has 0 aliphatic carbocycles. The summed E-state index contributed by atoms with van der Waals surface area (Å²) in [5, 5.41) is 18.5. The Hall–Kier alpha value is -0.300. The van der Waals surface area contributed by atoms with Gasteiger partial charge in [0.1, 0.15) is 31.7 Å². The maximum Gasteiger partial charge on any atom is 0.226 e. The molecular weight excluding hydrogens is 186 g/mol. The molecule has 1 heterocycles. The molecule has 0 aromatic heterocycles. The molecule has 1 rings (SSSR count). The van der Waals surface area contributed by atoms with Crippen molar-refractivity contribution in [3.63, 3.8) is 0 Å². The van der Waals surface area contributed by atoms with Crippen molar-refractivity contribution < 1.29 is 28.5 Å². The summed E-state index contributed by atoms with van der Waals surface area (Å²) in [4.78, 5) is 0. The lowest BCUT2D eigenvalue weighted by atomic mass is 10.1. The van der Waals surface area contributed by atoms with Gasteiger partial charge in [-0.15, -0.1) is 0 Å². The zero-order chi connectivity index (χ0) is 10.1. The second-order valence-corrected chi connectivity index (χ2v) is 2.90. The predicted molar refractivity (Wildman–Crippen MR) is 38.6 cm³/mol. The summed E-state index contributed by atoms with van der Waals surface area (Å²) in [6.45, 7) is -2.14. The second-order valence-electron chi connectivity index (χ2n) is 2.90. The zero-order valence-electron chi connectivity index (χ0n) is 7.11. The molecule has 4 nitrogen and oxygen atoms in total. The fourth-order valence-corrected chi connectivity index (χ4v) is 1.32. The highest BCUT2D eigenvalue weighted by molar-refractivity contribution is 4.96. The Kier molecular flexibility index (Phi) is 3.18. The molecule has 0 saturated carbocycles. The number of aliphatic hydroxyl groups excluding tert-OH is 2. The van der Waals surface area contributed by atoms with Crippen molar-refractivity contribution in [3.05, 3.63) is 0 Å². The number of halogens is 2. The van der Waals surface area contributed by atoms with Crippen LogP contribution in [0.15, 0.2) is 0 Å². The van der Waals surface area contributed by atoms with Gasteiger partial charge in [-0.05, 0) is 0 Å². The molecule has 0 spiro atoms. The fourth-order valence-electron chi connectivity index (χ4n) is 1.32. The number of ether oxygens (including phenoxy) is 2. The van der Waals surface area contributed by atoms with Gasteiger partial charge in [0.05, 0.1) is 0 Å². The third-order valence-electron chi connectivity index (χ3n) is 2.19. The number of rotatable bonds is 3. The van der Waals surface area contributed by atoms with E-state index in [4.69, 9.17) is 4.74 Å². The minimum absolute atomic E-state index is 0.997. The lowest BCUT2D eigenvalue weighted by Gasteiger charge is -2.26. The highest BCUT2D eigenvalue weighted by atomic mass is 19.1. The first kappa shape index (κ1) is 10.8. The highest BCUT2D eigenvalue weighted by Gasteiger charge is 2.55. The van der Waals surface area contributed by atoms with E-state index < -0.39 is 37.4 Å². The van der Waals surface area contributed by atoms with Gasteiger partial charge in [-0.3, -0.25) is 0 Å². The molecule has 1 saturated heterocycles. The van der Waals surface area contributed by atoms with Crippen LogP contribution in [0.2, 0.25) is 0 Å². The molecule has 0 bridgehead atoms. The summed E-state index contributed by atoms with van der Waals surface area (Å²) in [5.74, 6) is -1.92. The van der Waals surface area contributed by atoms with E-state index in [1.165, 1.54) is 0 Å². The van der Waals surface area contributed by atoms with Crippen molar-refractivity contribution in [1.29, 1.82) is 0 Å². The third kappa shape index (κ3) is 1.54. The molecule has 1 fully saturated rings. The normalized spacial score (nSPS) is 45.5. The van der Waals surface area contributed by atoms with Crippen molar-refractivity contribution in [2.24, 2.45) is 0 Å². The zero-order valence-corrected chi connectivity index (χ0v) is 7.11. The van der Waals surface area contributed by atoms with E-state index in [1.54, 1.807) is 0 Å². The van der Waals surface area contributed by atoms with Crippen LogP contribution < -0.4 is 0 Å². The molecule has 0 radical (unpaired) electrons. The minimum Gasteiger partial charge on any atom is -0.387 e. The summed E-state index contributed by atoms with van der Waals surface area (Å²) in [6, 6.07) is 0. The van der Waals surface area contributed by atoms with Gasteiger partial charge in [0.15, 0.2) is 0 Å².